The average molecular weight is 405 g/mol. The van der Waals surface area contributed by atoms with Gasteiger partial charge in [-0.05, 0) is 73.1 Å². The van der Waals surface area contributed by atoms with Crippen LogP contribution < -0.4 is 19.5 Å². The fourth-order valence-electron chi connectivity index (χ4n) is 3.41. The Morgan fingerprint density at radius 1 is 1.18 bits per heavy atom. The van der Waals surface area contributed by atoms with Crippen LogP contribution in [-0.2, 0) is 6.42 Å². The molecule has 1 N–H and O–H groups in total. The number of nitrogens with zero attached hydrogens (tertiary/aromatic N) is 1. The number of hydrogen-bond donors (Lipinski definition) is 1. The molecule has 0 saturated carbocycles. The molecule has 2 aromatic rings. The van der Waals surface area contributed by atoms with Gasteiger partial charge in [0.2, 0.25) is 0 Å². The van der Waals surface area contributed by atoms with Crippen molar-refractivity contribution in [2.45, 2.75) is 19.4 Å². The van der Waals surface area contributed by atoms with Gasteiger partial charge in [-0.3, -0.25) is 0 Å². The van der Waals surface area contributed by atoms with E-state index in [9.17, 15) is 4.39 Å². The van der Waals surface area contributed by atoms with Gasteiger partial charge in [-0.25, -0.2) is 4.39 Å². The van der Waals surface area contributed by atoms with Crippen LogP contribution in [0.2, 0.25) is 0 Å². The molecule has 5 nitrogen and oxygen atoms in total. The highest BCUT2D eigenvalue weighted by Gasteiger charge is 2.31. The van der Waals surface area contributed by atoms with Crippen molar-refractivity contribution in [1.82, 2.24) is 10.2 Å². The quantitative estimate of drug-likeness (QED) is 0.741. The zero-order chi connectivity index (χ0) is 20.1. The van der Waals surface area contributed by atoms with Crippen molar-refractivity contribution in [3.05, 3.63) is 53.3 Å². The number of fused-ring (bicyclic) bond motifs is 1. The zero-order valence-electron chi connectivity index (χ0n) is 16.3. The smallest absolute Gasteiger partial charge is 0.169 e. The van der Waals surface area contributed by atoms with Crippen LogP contribution in [-0.4, -0.2) is 43.9 Å². The summed E-state index contributed by atoms with van der Waals surface area (Å²) in [5, 5.41) is 3.92. The van der Waals surface area contributed by atoms with Crippen LogP contribution in [0.3, 0.4) is 0 Å². The Hall–Kier alpha value is -2.54. The maximum atomic E-state index is 13.2. The van der Waals surface area contributed by atoms with Crippen molar-refractivity contribution in [1.29, 1.82) is 0 Å². The highest BCUT2D eigenvalue weighted by atomic mass is 32.1. The lowest BCUT2D eigenvalue weighted by atomic mass is 9.92. The summed E-state index contributed by atoms with van der Waals surface area (Å²) in [5.41, 5.74) is 2.27. The first-order valence-electron chi connectivity index (χ1n) is 9.25. The topological polar surface area (TPSA) is 43.0 Å². The van der Waals surface area contributed by atoms with Crippen LogP contribution in [0.25, 0.3) is 0 Å². The van der Waals surface area contributed by atoms with E-state index in [-0.39, 0.29) is 11.9 Å². The molecule has 150 valence electrons. The second-order valence-corrected chi connectivity index (χ2v) is 6.85. The number of thiocarbonyl (C=S) groups is 1. The normalized spacial score (nSPS) is 15.6. The lowest BCUT2D eigenvalue weighted by Crippen LogP contribution is -2.47. The Morgan fingerprint density at radius 3 is 2.50 bits per heavy atom. The molecule has 7 heteroatoms. The van der Waals surface area contributed by atoms with Gasteiger partial charge in [-0.15, -0.1) is 0 Å². The van der Waals surface area contributed by atoms with Crippen molar-refractivity contribution < 1.29 is 18.6 Å². The summed E-state index contributed by atoms with van der Waals surface area (Å²) < 4.78 is 30.1. The highest BCUT2D eigenvalue weighted by molar-refractivity contribution is 7.80. The lowest BCUT2D eigenvalue weighted by molar-refractivity contribution is 0.187. The van der Waals surface area contributed by atoms with Gasteiger partial charge >= 0.3 is 0 Å². The number of methoxy groups -OCH3 is 2. The van der Waals surface area contributed by atoms with E-state index in [2.05, 4.69) is 10.2 Å². The summed E-state index contributed by atoms with van der Waals surface area (Å²) in [6, 6.07) is 9.94. The van der Waals surface area contributed by atoms with Crippen LogP contribution in [0, 0.1) is 5.82 Å². The molecular weight excluding hydrogens is 379 g/mol. The van der Waals surface area contributed by atoms with E-state index in [1.165, 1.54) is 17.7 Å². The Balaban J connectivity index is 1.92. The van der Waals surface area contributed by atoms with E-state index < -0.39 is 0 Å². The van der Waals surface area contributed by atoms with Gasteiger partial charge in [-0.2, -0.15) is 0 Å². The Bertz CT molecular complexity index is 829. The monoisotopic (exact) mass is 404 g/mol. The molecule has 0 bridgehead atoms. The molecule has 0 amide bonds. The third kappa shape index (κ3) is 4.30. The van der Waals surface area contributed by atoms with Crippen LogP contribution in [0.1, 0.15) is 24.1 Å². The first-order chi connectivity index (χ1) is 13.6. The van der Waals surface area contributed by atoms with Crippen molar-refractivity contribution in [2.24, 2.45) is 0 Å². The Labute approximate surface area is 170 Å². The molecule has 0 fully saturated rings. The summed E-state index contributed by atoms with van der Waals surface area (Å²) in [5.74, 6) is 1.71. The maximum Gasteiger partial charge on any atom is 0.169 e. The highest BCUT2D eigenvalue weighted by Crippen LogP contribution is 2.38. The van der Waals surface area contributed by atoms with E-state index in [1.807, 2.05) is 19.1 Å². The molecule has 0 unspecified atom stereocenters. The van der Waals surface area contributed by atoms with E-state index in [4.69, 9.17) is 26.4 Å². The Morgan fingerprint density at radius 2 is 1.86 bits per heavy atom. The van der Waals surface area contributed by atoms with Gasteiger partial charge in [0.15, 0.2) is 16.6 Å². The standard InChI is InChI=1S/C21H25FN2O3S/c1-4-23-21(28)24-10-9-14-11-19(25-2)20(26-3)12-17(14)18(24)13-27-16-7-5-15(22)6-8-16/h5-8,11-12,18H,4,9-10,13H2,1-3H3,(H,23,28)/t18-/m1/s1. The van der Waals surface area contributed by atoms with Gasteiger partial charge in [-0.1, -0.05) is 0 Å². The summed E-state index contributed by atoms with van der Waals surface area (Å²) in [6.45, 7) is 3.91. The molecule has 2 aromatic carbocycles. The number of hydrogen-bond acceptors (Lipinski definition) is 4. The third-order valence-corrected chi connectivity index (χ3v) is 5.19. The number of ether oxygens (including phenoxy) is 3. The second kappa shape index (κ2) is 9.10. The largest absolute Gasteiger partial charge is 0.493 e. The third-order valence-electron chi connectivity index (χ3n) is 4.81. The number of halogens is 1. The van der Waals surface area contributed by atoms with Crippen LogP contribution >= 0.6 is 12.2 Å². The Kier molecular flexibility index (Phi) is 6.57. The molecule has 1 aliphatic rings. The molecule has 3 rings (SSSR count). The molecule has 0 spiro atoms. The lowest BCUT2D eigenvalue weighted by Gasteiger charge is -2.39. The maximum absolute atomic E-state index is 13.2. The number of rotatable bonds is 6. The second-order valence-electron chi connectivity index (χ2n) is 6.47. The van der Waals surface area contributed by atoms with Gasteiger partial charge < -0.3 is 24.4 Å². The van der Waals surface area contributed by atoms with Crippen molar-refractivity contribution in [2.75, 3.05) is 33.9 Å². The van der Waals surface area contributed by atoms with Crippen LogP contribution in [0.15, 0.2) is 36.4 Å². The fourth-order valence-corrected chi connectivity index (χ4v) is 3.77. The van der Waals surface area contributed by atoms with Gasteiger partial charge in [0.05, 0.1) is 20.3 Å². The fraction of sp³-hybridized carbons (Fsp3) is 0.381. The molecule has 1 aliphatic heterocycles. The van der Waals surface area contributed by atoms with Gasteiger partial charge in [0.1, 0.15) is 18.2 Å². The zero-order valence-corrected chi connectivity index (χ0v) is 17.1. The first kappa shape index (κ1) is 20.2. The van der Waals surface area contributed by atoms with E-state index in [0.717, 1.165) is 25.1 Å². The number of benzene rings is 2. The molecule has 1 heterocycles. The molecule has 0 saturated heterocycles. The van der Waals surface area contributed by atoms with Crippen molar-refractivity contribution in [3.8, 4) is 17.2 Å². The minimum atomic E-state index is -0.290. The minimum absolute atomic E-state index is 0.0971. The predicted octanol–water partition coefficient (Wildman–Crippen LogP) is 3.72. The van der Waals surface area contributed by atoms with Gasteiger partial charge in [0.25, 0.3) is 0 Å². The summed E-state index contributed by atoms with van der Waals surface area (Å²) >= 11 is 5.59. The van der Waals surface area contributed by atoms with Crippen LogP contribution in [0.5, 0.6) is 17.2 Å². The summed E-state index contributed by atoms with van der Waals surface area (Å²) in [4.78, 5) is 2.14. The van der Waals surface area contributed by atoms with E-state index >= 15 is 0 Å². The van der Waals surface area contributed by atoms with Crippen molar-refractivity contribution in [3.63, 3.8) is 0 Å². The molecule has 1 atom stereocenters. The van der Waals surface area contributed by atoms with E-state index in [0.29, 0.717) is 29.0 Å². The number of nitrogens with one attached hydrogen (secondary N) is 1. The molecule has 0 aliphatic carbocycles. The van der Waals surface area contributed by atoms with E-state index in [1.54, 1.807) is 26.4 Å². The summed E-state index contributed by atoms with van der Waals surface area (Å²) in [7, 11) is 3.26. The van der Waals surface area contributed by atoms with Crippen LogP contribution in [0.4, 0.5) is 4.39 Å². The average Bonchev–Trinajstić information content (AvgIpc) is 2.72. The molecule has 0 aromatic heterocycles. The SMILES string of the molecule is CCNC(=S)N1CCc2cc(OC)c(OC)cc2[C@H]1COc1ccc(F)cc1. The first-order valence-corrected chi connectivity index (χ1v) is 9.65. The molecule has 0 radical (unpaired) electrons. The van der Waals surface area contributed by atoms with Gasteiger partial charge in [0, 0.05) is 13.1 Å². The minimum Gasteiger partial charge on any atom is -0.493 e. The van der Waals surface area contributed by atoms with Crippen molar-refractivity contribution >= 4 is 17.3 Å². The summed E-state index contributed by atoms with van der Waals surface area (Å²) in [6.07, 6.45) is 0.842. The predicted molar refractivity (Wildman–Crippen MR) is 111 cm³/mol. The molecule has 28 heavy (non-hydrogen) atoms. The molecular formula is C21H25FN2O3S.